The smallest absolute Gasteiger partial charge is 0.160 e. The lowest BCUT2D eigenvalue weighted by Crippen LogP contribution is -2.33. The van der Waals surface area contributed by atoms with Crippen LogP contribution in [0.3, 0.4) is 0 Å². The predicted molar refractivity (Wildman–Crippen MR) is 109 cm³/mol. The summed E-state index contributed by atoms with van der Waals surface area (Å²) in [4.78, 5) is 0. The molecule has 0 spiro atoms. The van der Waals surface area contributed by atoms with Crippen LogP contribution < -0.4 is 19.5 Å². The first kappa shape index (κ1) is 17.5. The Morgan fingerprint density at radius 1 is 1.08 bits per heavy atom. The number of methoxy groups -OCH3 is 2. The number of benzene rings is 2. The SMILES string of the molecule is Cl.[2H]c1c([2H])c(C)c(OCC(C)NCCc2ccc(OC)c(OC)c2)c(C)c1[2H]. The maximum atomic E-state index is 7.95. The number of hydrogen-bond donors (Lipinski definition) is 1. The van der Waals surface area contributed by atoms with Gasteiger partial charge in [0.25, 0.3) is 0 Å². The summed E-state index contributed by atoms with van der Waals surface area (Å²) in [7, 11) is 3.25. The quantitative estimate of drug-likeness (QED) is 0.700. The van der Waals surface area contributed by atoms with Gasteiger partial charge >= 0.3 is 0 Å². The maximum Gasteiger partial charge on any atom is 0.160 e. The Hall–Kier alpha value is -1.91. The maximum absolute atomic E-state index is 7.95. The van der Waals surface area contributed by atoms with Crippen LogP contribution in [-0.2, 0) is 6.42 Å². The lowest BCUT2D eigenvalue weighted by molar-refractivity contribution is 0.271. The molecule has 144 valence electrons. The fraction of sp³-hybridized carbons (Fsp3) is 0.429. The third kappa shape index (κ3) is 6.11. The highest BCUT2D eigenvalue weighted by atomic mass is 35.5. The molecular weight excluding hydrogens is 350 g/mol. The molecule has 0 saturated heterocycles. The van der Waals surface area contributed by atoms with Gasteiger partial charge in [-0.05, 0) is 62.6 Å². The molecule has 1 atom stereocenters. The van der Waals surface area contributed by atoms with E-state index in [1.807, 2.05) is 25.1 Å². The lowest BCUT2D eigenvalue weighted by Gasteiger charge is -2.17. The highest BCUT2D eigenvalue weighted by Crippen LogP contribution is 2.27. The molecule has 0 bridgehead atoms. The molecule has 26 heavy (non-hydrogen) atoms. The molecule has 1 unspecified atom stereocenters. The highest BCUT2D eigenvalue weighted by Gasteiger charge is 2.08. The molecule has 1 N–H and O–H groups in total. The minimum Gasteiger partial charge on any atom is -0.493 e. The fourth-order valence-electron chi connectivity index (χ4n) is 2.60. The van der Waals surface area contributed by atoms with E-state index in [0.717, 1.165) is 24.3 Å². The van der Waals surface area contributed by atoms with Crippen molar-refractivity contribution in [1.82, 2.24) is 5.32 Å². The lowest BCUT2D eigenvalue weighted by atomic mass is 10.1. The van der Waals surface area contributed by atoms with Crippen molar-refractivity contribution in [3.05, 3.63) is 53.0 Å². The number of rotatable bonds is 9. The van der Waals surface area contributed by atoms with Crippen LogP contribution in [0.1, 0.15) is 27.7 Å². The van der Waals surface area contributed by atoms with Gasteiger partial charge in [-0.15, -0.1) is 12.4 Å². The summed E-state index contributed by atoms with van der Waals surface area (Å²) in [5.41, 5.74) is 2.36. The van der Waals surface area contributed by atoms with Gasteiger partial charge in [0.15, 0.2) is 11.5 Å². The van der Waals surface area contributed by atoms with Crippen LogP contribution in [0.2, 0.25) is 0 Å². The Morgan fingerprint density at radius 2 is 1.73 bits per heavy atom. The molecule has 0 radical (unpaired) electrons. The number of nitrogens with one attached hydrogen (secondary N) is 1. The van der Waals surface area contributed by atoms with Crippen LogP contribution in [0.5, 0.6) is 17.2 Å². The first-order chi connectivity index (χ1) is 13.3. The minimum atomic E-state index is -0.0524. The topological polar surface area (TPSA) is 39.7 Å². The molecule has 0 aliphatic rings. The van der Waals surface area contributed by atoms with E-state index < -0.39 is 0 Å². The summed E-state index contributed by atoms with van der Waals surface area (Å²) in [6.45, 7) is 6.75. The monoisotopic (exact) mass is 382 g/mol. The van der Waals surface area contributed by atoms with Gasteiger partial charge in [-0.2, -0.15) is 0 Å². The van der Waals surface area contributed by atoms with Crippen LogP contribution in [0.15, 0.2) is 36.3 Å². The normalized spacial score (nSPS) is 13.0. The molecule has 2 aromatic carbocycles. The number of ether oxygens (including phenoxy) is 3. The molecule has 0 amide bonds. The summed E-state index contributed by atoms with van der Waals surface area (Å²) in [5, 5.41) is 3.42. The fourth-order valence-corrected chi connectivity index (χ4v) is 2.60. The first-order valence-electron chi connectivity index (χ1n) is 9.94. The van der Waals surface area contributed by atoms with Gasteiger partial charge < -0.3 is 19.5 Å². The van der Waals surface area contributed by atoms with E-state index in [-0.39, 0.29) is 36.6 Å². The van der Waals surface area contributed by atoms with E-state index in [1.165, 1.54) is 0 Å². The second-order valence-corrected chi connectivity index (χ2v) is 6.06. The average molecular weight is 383 g/mol. The summed E-state index contributed by atoms with van der Waals surface area (Å²) in [5.74, 6) is 1.98. The predicted octanol–water partition coefficient (Wildman–Crippen LogP) is 4.34. The zero-order valence-electron chi connectivity index (χ0n) is 19.1. The van der Waals surface area contributed by atoms with Gasteiger partial charge in [0.2, 0.25) is 0 Å². The van der Waals surface area contributed by atoms with Crippen LogP contribution in [0.4, 0.5) is 0 Å². The molecule has 4 nitrogen and oxygen atoms in total. The van der Waals surface area contributed by atoms with E-state index in [0.29, 0.717) is 29.2 Å². The van der Waals surface area contributed by atoms with Gasteiger partial charge in [-0.1, -0.05) is 24.2 Å². The van der Waals surface area contributed by atoms with Crippen LogP contribution >= 0.6 is 12.4 Å². The molecule has 5 heteroatoms. The van der Waals surface area contributed by atoms with Gasteiger partial charge in [-0.25, -0.2) is 0 Å². The van der Waals surface area contributed by atoms with Crippen molar-refractivity contribution in [2.45, 2.75) is 33.2 Å². The Labute approximate surface area is 167 Å². The van der Waals surface area contributed by atoms with Gasteiger partial charge in [0.05, 0.1) is 18.3 Å². The van der Waals surface area contributed by atoms with Crippen molar-refractivity contribution in [2.24, 2.45) is 0 Å². The zero-order valence-corrected chi connectivity index (χ0v) is 16.9. The van der Waals surface area contributed by atoms with Crippen molar-refractivity contribution in [1.29, 1.82) is 0 Å². The minimum absolute atomic E-state index is 0. The second kappa shape index (κ2) is 10.9. The third-order valence-corrected chi connectivity index (χ3v) is 4.01. The molecule has 0 aliphatic heterocycles. The second-order valence-electron chi connectivity index (χ2n) is 6.06. The highest BCUT2D eigenvalue weighted by molar-refractivity contribution is 5.85. The average Bonchev–Trinajstić information content (AvgIpc) is 2.70. The van der Waals surface area contributed by atoms with E-state index in [2.05, 4.69) is 5.32 Å². The van der Waals surface area contributed by atoms with Crippen molar-refractivity contribution < 1.29 is 18.3 Å². The standard InChI is InChI=1S/C21H29NO3.ClH/c1-15-7-6-8-16(2)21(15)25-14-17(3)22-12-11-18-9-10-19(23-4)20(13-18)24-5;/h6-10,13,17,22H,11-12,14H2,1-5H3;1H/i6D,7D,8D;. The van der Waals surface area contributed by atoms with Crippen molar-refractivity contribution in [3.8, 4) is 17.2 Å². The van der Waals surface area contributed by atoms with Crippen molar-refractivity contribution in [3.63, 3.8) is 0 Å². The number of halogens is 1. The van der Waals surface area contributed by atoms with Crippen LogP contribution in [0.25, 0.3) is 0 Å². The molecule has 2 aromatic rings. The van der Waals surface area contributed by atoms with Gasteiger partial charge in [-0.3, -0.25) is 0 Å². The Bertz CT molecular complexity index is 804. The van der Waals surface area contributed by atoms with Crippen LogP contribution in [-0.4, -0.2) is 33.4 Å². The van der Waals surface area contributed by atoms with Crippen LogP contribution in [0, 0.1) is 13.8 Å². The summed E-state index contributed by atoms with van der Waals surface area (Å²) in [6, 6.07) is 6.05. The number of para-hydroxylation sites is 1. The zero-order chi connectivity index (χ0) is 20.8. The summed E-state index contributed by atoms with van der Waals surface area (Å²) in [6.07, 6.45) is 0.837. The van der Waals surface area contributed by atoms with E-state index in [1.54, 1.807) is 28.1 Å². The third-order valence-electron chi connectivity index (χ3n) is 4.01. The molecule has 0 fully saturated rings. The Morgan fingerprint density at radius 3 is 2.35 bits per heavy atom. The molecule has 2 rings (SSSR count). The van der Waals surface area contributed by atoms with Gasteiger partial charge in [0, 0.05) is 6.04 Å². The van der Waals surface area contributed by atoms with Crippen molar-refractivity contribution >= 4 is 12.4 Å². The summed E-state index contributed by atoms with van der Waals surface area (Å²) < 4.78 is 40.2. The Kier molecular flexibility index (Phi) is 7.36. The molecular formula is C21H30ClNO3. The largest absolute Gasteiger partial charge is 0.493 e. The summed E-state index contributed by atoms with van der Waals surface area (Å²) >= 11 is 0. The van der Waals surface area contributed by atoms with E-state index in [4.69, 9.17) is 18.3 Å². The van der Waals surface area contributed by atoms with Gasteiger partial charge in [0.1, 0.15) is 12.4 Å². The first-order valence-corrected chi connectivity index (χ1v) is 8.44. The molecule has 0 heterocycles. The molecule has 0 aromatic heterocycles. The van der Waals surface area contributed by atoms with E-state index in [9.17, 15) is 0 Å². The molecule has 0 aliphatic carbocycles. The number of hydrogen-bond acceptors (Lipinski definition) is 4. The molecule has 0 saturated carbocycles. The van der Waals surface area contributed by atoms with Crippen molar-refractivity contribution in [2.75, 3.05) is 27.4 Å². The Balaban J connectivity index is 0.00000420. The van der Waals surface area contributed by atoms with E-state index >= 15 is 0 Å².